The van der Waals surface area contributed by atoms with Gasteiger partial charge in [0.05, 0.1) is 5.02 Å². The minimum Gasteiger partial charge on any atom is -0.364 e. The summed E-state index contributed by atoms with van der Waals surface area (Å²) < 4.78 is 2.16. The van der Waals surface area contributed by atoms with Crippen molar-refractivity contribution in [1.82, 2.24) is 14.8 Å². The van der Waals surface area contributed by atoms with E-state index >= 15 is 0 Å². The molecule has 5 nitrogen and oxygen atoms in total. The van der Waals surface area contributed by atoms with E-state index in [0.717, 1.165) is 4.47 Å². The van der Waals surface area contributed by atoms with E-state index in [1.165, 1.54) is 10.7 Å². The summed E-state index contributed by atoms with van der Waals surface area (Å²) in [6, 6.07) is 3.19. The number of halogens is 2. The Bertz CT molecular complexity index is 554. The fourth-order valence-electron chi connectivity index (χ4n) is 1.15. The summed E-state index contributed by atoms with van der Waals surface area (Å²) in [4.78, 5) is 15.0. The third-order valence-electron chi connectivity index (χ3n) is 1.85. The van der Waals surface area contributed by atoms with Gasteiger partial charge in [-0.1, -0.05) is 11.6 Å². The Morgan fingerprint density at radius 2 is 2.31 bits per heavy atom. The summed E-state index contributed by atoms with van der Waals surface area (Å²) in [6.45, 7) is 0. The van der Waals surface area contributed by atoms with Crippen LogP contribution < -0.4 is 5.73 Å². The molecular weight excluding hydrogens is 295 g/mol. The van der Waals surface area contributed by atoms with E-state index < -0.39 is 5.91 Å². The summed E-state index contributed by atoms with van der Waals surface area (Å²) in [5.74, 6) is -0.149. The van der Waals surface area contributed by atoms with Crippen molar-refractivity contribution < 1.29 is 4.79 Å². The summed E-state index contributed by atoms with van der Waals surface area (Å²) in [5.41, 5.74) is 5.26. The minimum absolute atomic E-state index is 0.167. The fraction of sp³-hybridized carbons (Fsp3) is 0. The van der Waals surface area contributed by atoms with Gasteiger partial charge in [-0.25, -0.2) is 9.67 Å². The Kier molecular flexibility index (Phi) is 2.93. The van der Waals surface area contributed by atoms with E-state index in [4.69, 9.17) is 17.3 Å². The third kappa shape index (κ3) is 2.07. The average molecular weight is 302 g/mol. The molecule has 16 heavy (non-hydrogen) atoms. The molecule has 0 aliphatic carbocycles. The quantitative estimate of drug-likeness (QED) is 0.919. The van der Waals surface area contributed by atoms with Crippen molar-refractivity contribution in [3.8, 4) is 5.82 Å². The molecule has 0 saturated carbocycles. The number of hydrogen-bond donors (Lipinski definition) is 1. The van der Waals surface area contributed by atoms with Crippen molar-refractivity contribution in [3.63, 3.8) is 0 Å². The van der Waals surface area contributed by atoms with Crippen molar-refractivity contribution >= 4 is 33.4 Å². The summed E-state index contributed by atoms with van der Waals surface area (Å²) in [6.07, 6.45) is 3.16. The zero-order chi connectivity index (χ0) is 11.7. The van der Waals surface area contributed by atoms with E-state index in [1.807, 2.05) is 0 Å². The lowest BCUT2D eigenvalue weighted by atomic mass is 10.4. The molecule has 0 aliphatic heterocycles. The van der Waals surface area contributed by atoms with Crippen LogP contribution in [0.2, 0.25) is 5.02 Å². The van der Waals surface area contributed by atoms with Crippen molar-refractivity contribution in [2.75, 3.05) is 0 Å². The van der Waals surface area contributed by atoms with Gasteiger partial charge >= 0.3 is 0 Å². The van der Waals surface area contributed by atoms with Gasteiger partial charge in [0, 0.05) is 16.9 Å². The fourth-order valence-corrected chi connectivity index (χ4v) is 1.87. The molecule has 2 rings (SSSR count). The molecule has 0 fully saturated rings. The van der Waals surface area contributed by atoms with Crippen LogP contribution in [0.5, 0.6) is 0 Å². The number of carbonyl (C=O) groups is 1. The normalized spacial score (nSPS) is 10.4. The highest BCUT2D eigenvalue weighted by Gasteiger charge is 2.09. The molecule has 0 spiro atoms. The zero-order valence-corrected chi connectivity index (χ0v) is 10.2. The second-order valence-corrected chi connectivity index (χ2v) is 4.29. The minimum atomic E-state index is -0.591. The first-order valence-electron chi connectivity index (χ1n) is 4.25. The van der Waals surface area contributed by atoms with Gasteiger partial charge in [-0.3, -0.25) is 4.79 Å². The van der Waals surface area contributed by atoms with Crippen molar-refractivity contribution in [3.05, 3.63) is 39.7 Å². The summed E-state index contributed by atoms with van der Waals surface area (Å²) >= 11 is 9.23. The molecule has 0 unspecified atom stereocenters. The number of nitrogens with two attached hydrogens (primary N) is 1. The molecule has 2 aromatic rings. The van der Waals surface area contributed by atoms with E-state index in [9.17, 15) is 4.79 Å². The van der Waals surface area contributed by atoms with Crippen LogP contribution >= 0.6 is 27.5 Å². The molecule has 2 heterocycles. The molecule has 0 bridgehead atoms. The van der Waals surface area contributed by atoms with Crippen LogP contribution in [0.25, 0.3) is 5.82 Å². The van der Waals surface area contributed by atoms with Crippen LogP contribution in [0.1, 0.15) is 10.5 Å². The molecule has 0 saturated heterocycles. The first-order valence-corrected chi connectivity index (χ1v) is 5.42. The molecule has 0 atom stereocenters. The highest BCUT2D eigenvalue weighted by atomic mass is 79.9. The highest BCUT2D eigenvalue weighted by Crippen LogP contribution is 2.21. The van der Waals surface area contributed by atoms with E-state index in [1.54, 1.807) is 18.5 Å². The Hall–Kier alpha value is -1.40. The Labute approximate surface area is 104 Å². The Morgan fingerprint density at radius 3 is 2.88 bits per heavy atom. The first-order chi connectivity index (χ1) is 7.58. The second kappa shape index (κ2) is 4.23. The maximum absolute atomic E-state index is 10.9. The van der Waals surface area contributed by atoms with Gasteiger partial charge < -0.3 is 5.73 Å². The smallest absolute Gasteiger partial charge is 0.269 e. The van der Waals surface area contributed by atoms with Crippen molar-refractivity contribution in [2.45, 2.75) is 0 Å². The lowest BCUT2D eigenvalue weighted by Crippen LogP contribution is -2.12. The van der Waals surface area contributed by atoms with Crippen LogP contribution in [0.15, 0.2) is 29.0 Å². The van der Waals surface area contributed by atoms with Gasteiger partial charge in [0.15, 0.2) is 5.82 Å². The van der Waals surface area contributed by atoms with Gasteiger partial charge in [-0.05, 0) is 28.1 Å². The van der Waals surface area contributed by atoms with Crippen LogP contribution in [0.3, 0.4) is 0 Å². The van der Waals surface area contributed by atoms with Gasteiger partial charge in [0.2, 0.25) is 0 Å². The number of nitrogens with zero attached hydrogens (tertiary/aromatic N) is 3. The van der Waals surface area contributed by atoms with Crippen LogP contribution in [0, 0.1) is 0 Å². The maximum atomic E-state index is 10.9. The van der Waals surface area contributed by atoms with Crippen molar-refractivity contribution in [2.24, 2.45) is 5.73 Å². The van der Waals surface area contributed by atoms with E-state index in [2.05, 4.69) is 26.0 Å². The Balaban J connectivity index is 2.46. The number of carbonyl (C=O) groups excluding carboxylic acids is 1. The molecule has 0 radical (unpaired) electrons. The number of aromatic nitrogens is 3. The summed E-state index contributed by atoms with van der Waals surface area (Å²) in [7, 11) is 0. The first kappa shape index (κ1) is 11.1. The molecule has 0 aromatic carbocycles. The molecule has 7 heteroatoms. The number of primary amides is 1. The largest absolute Gasteiger partial charge is 0.364 e. The lowest BCUT2D eigenvalue weighted by Gasteiger charge is -2.02. The van der Waals surface area contributed by atoms with E-state index in [-0.39, 0.29) is 5.69 Å². The van der Waals surface area contributed by atoms with Gasteiger partial charge in [0.25, 0.3) is 5.91 Å². The third-order valence-corrected chi connectivity index (χ3v) is 2.56. The van der Waals surface area contributed by atoms with Gasteiger partial charge in [-0.15, -0.1) is 0 Å². The number of amides is 1. The van der Waals surface area contributed by atoms with Crippen LogP contribution in [-0.2, 0) is 0 Å². The van der Waals surface area contributed by atoms with Crippen LogP contribution in [-0.4, -0.2) is 20.7 Å². The molecular formula is C9H6BrClN4O. The average Bonchev–Trinajstić information content (AvgIpc) is 2.66. The second-order valence-electron chi connectivity index (χ2n) is 2.97. The van der Waals surface area contributed by atoms with Gasteiger partial charge in [-0.2, -0.15) is 5.10 Å². The molecule has 2 N–H and O–H groups in total. The maximum Gasteiger partial charge on any atom is 0.269 e. The molecule has 2 aromatic heterocycles. The highest BCUT2D eigenvalue weighted by molar-refractivity contribution is 9.10. The number of rotatable bonds is 2. The SMILES string of the molecule is NC(=O)c1ccn(-c2ncc(Br)cc2Cl)n1. The molecule has 0 aliphatic rings. The Morgan fingerprint density at radius 1 is 1.56 bits per heavy atom. The monoisotopic (exact) mass is 300 g/mol. The topological polar surface area (TPSA) is 73.8 Å². The van der Waals surface area contributed by atoms with Crippen molar-refractivity contribution in [1.29, 1.82) is 0 Å². The van der Waals surface area contributed by atoms with Gasteiger partial charge in [0.1, 0.15) is 5.69 Å². The standard InChI is InChI=1S/C9H6BrClN4O/c10-5-3-6(11)9(13-4-5)15-2-1-7(14-15)8(12)16/h1-4H,(H2,12,16). The zero-order valence-electron chi connectivity index (χ0n) is 7.89. The molecule has 82 valence electrons. The predicted octanol–water partition coefficient (Wildman–Crippen LogP) is 1.78. The lowest BCUT2D eigenvalue weighted by molar-refractivity contribution is 0.0995. The van der Waals surface area contributed by atoms with E-state index in [0.29, 0.717) is 10.8 Å². The predicted molar refractivity (Wildman–Crippen MR) is 62.6 cm³/mol. The van der Waals surface area contributed by atoms with Crippen LogP contribution in [0.4, 0.5) is 0 Å². The molecule has 1 amide bonds. The number of hydrogen-bond acceptors (Lipinski definition) is 3. The summed E-state index contributed by atoms with van der Waals surface area (Å²) in [5, 5.41) is 4.37. The number of pyridine rings is 1.